The standard InChI is InChI=1S/C11H9N5O3/c12-11-15-9-7(10(19)16-11)13-8(14-9)5-2-1-4(17)3-6(5)18/h1-3,17-18H,(H4,12,13,14,15,16,19). The summed E-state index contributed by atoms with van der Waals surface area (Å²) in [6, 6.07) is 4.04. The Morgan fingerprint density at radius 3 is 2.68 bits per heavy atom. The number of anilines is 1. The van der Waals surface area contributed by atoms with E-state index in [0.29, 0.717) is 5.56 Å². The molecule has 0 aliphatic carbocycles. The fourth-order valence-electron chi connectivity index (χ4n) is 1.77. The molecule has 96 valence electrons. The minimum Gasteiger partial charge on any atom is -0.508 e. The largest absolute Gasteiger partial charge is 0.508 e. The van der Waals surface area contributed by atoms with Gasteiger partial charge < -0.3 is 20.9 Å². The molecular formula is C11H9N5O3. The van der Waals surface area contributed by atoms with Gasteiger partial charge in [-0.05, 0) is 12.1 Å². The lowest BCUT2D eigenvalue weighted by Gasteiger charge is -2.00. The number of H-pyrrole nitrogens is 2. The molecule has 0 spiro atoms. The van der Waals surface area contributed by atoms with Gasteiger partial charge in [-0.1, -0.05) is 0 Å². The number of aromatic hydroxyl groups is 2. The molecule has 0 radical (unpaired) electrons. The zero-order valence-electron chi connectivity index (χ0n) is 9.51. The van der Waals surface area contributed by atoms with E-state index in [-0.39, 0.29) is 34.4 Å². The first-order chi connectivity index (χ1) is 9.04. The third-order valence-corrected chi connectivity index (χ3v) is 2.62. The quantitative estimate of drug-likeness (QED) is 0.425. The lowest BCUT2D eigenvalue weighted by atomic mass is 10.2. The number of nitrogens with one attached hydrogen (secondary N) is 2. The van der Waals surface area contributed by atoms with E-state index in [1.807, 2.05) is 0 Å². The van der Waals surface area contributed by atoms with Gasteiger partial charge in [0.25, 0.3) is 5.56 Å². The van der Waals surface area contributed by atoms with Crippen molar-refractivity contribution in [2.75, 3.05) is 5.73 Å². The number of nitrogens with two attached hydrogens (primary N) is 1. The average Bonchev–Trinajstić information content (AvgIpc) is 2.72. The van der Waals surface area contributed by atoms with Crippen LogP contribution in [0.5, 0.6) is 11.5 Å². The van der Waals surface area contributed by atoms with Crippen LogP contribution < -0.4 is 11.3 Å². The molecule has 6 N–H and O–H groups in total. The fraction of sp³-hybridized carbons (Fsp3) is 0. The number of benzene rings is 1. The summed E-state index contributed by atoms with van der Waals surface area (Å²) in [5, 5.41) is 19.0. The smallest absolute Gasteiger partial charge is 0.278 e. The highest BCUT2D eigenvalue weighted by Gasteiger charge is 2.13. The molecular weight excluding hydrogens is 250 g/mol. The second-order valence-electron chi connectivity index (χ2n) is 3.94. The molecule has 8 heteroatoms. The van der Waals surface area contributed by atoms with Crippen molar-refractivity contribution in [3.63, 3.8) is 0 Å². The zero-order chi connectivity index (χ0) is 13.6. The Balaban J connectivity index is 2.26. The van der Waals surface area contributed by atoms with Crippen molar-refractivity contribution in [3.05, 3.63) is 28.6 Å². The minimum atomic E-state index is -0.445. The first-order valence-corrected chi connectivity index (χ1v) is 5.32. The van der Waals surface area contributed by atoms with E-state index in [4.69, 9.17) is 5.73 Å². The molecule has 0 bridgehead atoms. The third-order valence-electron chi connectivity index (χ3n) is 2.62. The van der Waals surface area contributed by atoms with Crippen molar-refractivity contribution >= 4 is 17.1 Å². The molecule has 0 amide bonds. The van der Waals surface area contributed by atoms with Crippen LogP contribution in [0.2, 0.25) is 0 Å². The molecule has 19 heavy (non-hydrogen) atoms. The maximum Gasteiger partial charge on any atom is 0.278 e. The first kappa shape index (κ1) is 11.1. The predicted octanol–water partition coefficient (Wildman–Crippen LogP) is 0.307. The van der Waals surface area contributed by atoms with Crippen molar-refractivity contribution in [2.45, 2.75) is 0 Å². The van der Waals surface area contributed by atoms with Crippen LogP contribution in [0.15, 0.2) is 23.0 Å². The molecule has 0 fully saturated rings. The highest BCUT2D eigenvalue weighted by atomic mass is 16.3. The minimum absolute atomic E-state index is 0.0366. The number of fused-ring (bicyclic) bond motifs is 1. The summed E-state index contributed by atoms with van der Waals surface area (Å²) >= 11 is 0. The van der Waals surface area contributed by atoms with E-state index in [0.717, 1.165) is 0 Å². The second kappa shape index (κ2) is 3.73. The van der Waals surface area contributed by atoms with Crippen molar-refractivity contribution in [1.82, 2.24) is 19.9 Å². The van der Waals surface area contributed by atoms with Crippen LogP contribution in [0.4, 0.5) is 5.95 Å². The van der Waals surface area contributed by atoms with E-state index in [1.165, 1.54) is 18.2 Å². The Bertz CT molecular complexity index is 836. The van der Waals surface area contributed by atoms with Gasteiger partial charge in [0.2, 0.25) is 5.95 Å². The van der Waals surface area contributed by atoms with E-state index < -0.39 is 5.56 Å². The molecule has 0 saturated heterocycles. The molecule has 0 aliphatic heterocycles. The van der Waals surface area contributed by atoms with Gasteiger partial charge in [0.1, 0.15) is 17.3 Å². The normalized spacial score (nSPS) is 10.9. The molecule has 8 nitrogen and oxygen atoms in total. The molecule has 0 atom stereocenters. The topological polar surface area (TPSA) is 141 Å². The lowest BCUT2D eigenvalue weighted by Crippen LogP contribution is -2.10. The number of aromatic nitrogens is 4. The number of hydrogen-bond acceptors (Lipinski definition) is 6. The van der Waals surface area contributed by atoms with E-state index in [2.05, 4.69) is 19.9 Å². The number of hydrogen-bond donors (Lipinski definition) is 5. The van der Waals surface area contributed by atoms with Gasteiger partial charge in [-0.2, -0.15) is 4.98 Å². The molecule has 3 aromatic rings. The Morgan fingerprint density at radius 1 is 1.16 bits per heavy atom. The van der Waals surface area contributed by atoms with Gasteiger partial charge in [-0.3, -0.25) is 9.78 Å². The van der Waals surface area contributed by atoms with E-state index in [9.17, 15) is 15.0 Å². The Labute approximate surface area is 105 Å². The van der Waals surface area contributed by atoms with E-state index >= 15 is 0 Å². The van der Waals surface area contributed by atoms with Crippen molar-refractivity contribution < 1.29 is 10.2 Å². The third kappa shape index (κ3) is 1.75. The maximum atomic E-state index is 11.6. The predicted molar refractivity (Wildman–Crippen MR) is 67.7 cm³/mol. The highest BCUT2D eigenvalue weighted by Crippen LogP contribution is 2.30. The van der Waals surface area contributed by atoms with Crippen molar-refractivity contribution in [2.24, 2.45) is 0 Å². The maximum absolute atomic E-state index is 11.6. The zero-order valence-corrected chi connectivity index (χ0v) is 9.51. The molecule has 0 unspecified atom stereocenters. The number of rotatable bonds is 1. The summed E-state index contributed by atoms with van der Waals surface area (Å²) in [5.74, 6) is -0.0115. The number of nitrogen functional groups attached to an aromatic ring is 1. The van der Waals surface area contributed by atoms with Crippen LogP contribution >= 0.6 is 0 Å². The number of nitrogens with zero attached hydrogens (tertiary/aromatic N) is 2. The van der Waals surface area contributed by atoms with Crippen molar-refractivity contribution in [1.29, 1.82) is 0 Å². The van der Waals surface area contributed by atoms with Crippen LogP contribution in [-0.2, 0) is 0 Å². The number of aromatic amines is 2. The van der Waals surface area contributed by atoms with Crippen molar-refractivity contribution in [3.8, 4) is 22.9 Å². The fourth-order valence-corrected chi connectivity index (χ4v) is 1.77. The van der Waals surface area contributed by atoms with Crippen LogP contribution in [0.1, 0.15) is 0 Å². The SMILES string of the molecule is Nc1nc2nc(-c3ccc(O)cc3O)[nH]c2c(=O)[nH]1. The summed E-state index contributed by atoms with van der Waals surface area (Å²) in [4.78, 5) is 24.7. The first-order valence-electron chi connectivity index (χ1n) is 5.32. The second-order valence-corrected chi connectivity index (χ2v) is 3.94. The Kier molecular flexibility index (Phi) is 2.18. The van der Waals surface area contributed by atoms with Gasteiger partial charge in [0, 0.05) is 6.07 Å². The number of imidazole rings is 1. The molecule has 1 aromatic carbocycles. The monoisotopic (exact) mass is 259 g/mol. The Hall–Kier alpha value is -3.03. The van der Waals surface area contributed by atoms with Gasteiger partial charge >= 0.3 is 0 Å². The molecule has 0 saturated carbocycles. The summed E-state index contributed by atoms with van der Waals surface area (Å²) in [7, 11) is 0. The lowest BCUT2D eigenvalue weighted by molar-refractivity contribution is 0.451. The van der Waals surface area contributed by atoms with Gasteiger partial charge in [-0.25, -0.2) is 4.98 Å². The van der Waals surface area contributed by atoms with Crippen LogP contribution in [0, 0.1) is 0 Å². The highest BCUT2D eigenvalue weighted by molar-refractivity contribution is 5.77. The molecule has 2 aromatic heterocycles. The van der Waals surface area contributed by atoms with E-state index in [1.54, 1.807) is 0 Å². The van der Waals surface area contributed by atoms with Crippen LogP contribution in [0.25, 0.3) is 22.6 Å². The molecule has 0 aliphatic rings. The van der Waals surface area contributed by atoms with Crippen LogP contribution in [0.3, 0.4) is 0 Å². The van der Waals surface area contributed by atoms with Gasteiger partial charge in [0.05, 0.1) is 5.56 Å². The Morgan fingerprint density at radius 2 is 1.95 bits per heavy atom. The van der Waals surface area contributed by atoms with Crippen LogP contribution in [-0.4, -0.2) is 30.1 Å². The summed E-state index contributed by atoms with van der Waals surface area (Å²) < 4.78 is 0. The summed E-state index contributed by atoms with van der Waals surface area (Å²) in [5.41, 5.74) is 5.64. The average molecular weight is 259 g/mol. The number of phenolic OH excluding ortho intramolecular Hbond substituents is 2. The number of phenols is 2. The van der Waals surface area contributed by atoms with Gasteiger partial charge in [-0.15, -0.1) is 0 Å². The van der Waals surface area contributed by atoms with Gasteiger partial charge in [0.15, 0.2) is 11.2 Å². The molecule has 2 heterocycles. The summed E-state index contributed by atoms with van der Waals surface area (Å²) in [6.45, 7) is 0. The summed E-state index contributed by atoms with van der Waals surface area (Å²) in [6.07, 6.45) is 0. The molecule has 3 rings (SSSR count).